The highest BCUT2D eigenvalue weighted by molar-refractivity contribution is 5.83. The van der Waals surface area contributed by atoms with Gasteiger partial charge in [0, 0.05) is 24.7 Å². The third-order valence-electron chi connectivity index (χ3n) is 2.83. The van der Waals surface area contributed by atoms with Gasteiger partial charge < -0.3 is 0 Å². The molecular weight excluding hydrogens is 198 g/mol. The minimum absolute atomic E-state index is 0.246. The maximum absolute atomic E-state index is 12.1. The molecule has 1 aromatic heterocycles. The first-order chi connectivity index (χ1) is 7.77. The van der Waals surface area contributed by atoms with E-state index in [1.54, 1.807) is 12.4 Å². The Labute approximate surface area is 98.1 Å². The lowest BCUT2D eigenvalue weighted by Crippen LogP contribution is -2.16. The summed E-state index contributed by atoms with van der Waals surface area (Å²) in [5.74, 6) is 0.618. The van der Waals surface area contributed by atoms with Crippen LogP contribution in [-0.2, 0) is 11.2 Å². The van der Waals surface area contributed by atoms with Crippen molar-refractivity contribution in [2.75, 3.05) is 0 Å². The van der Waals surface area contributed by atoms with Crippen molar-refractivity contribution in [1.82, 2.24) is 4.98 Å². The SMILES string of the molecule is CCCC(CCC)C(=O)Cc1cccnc1. The lowest BCUT2D eigenvalue weighted by atomic mass is 9.90. The quantitative estimate of drug-likeness (QED) is 0.703. The third kappa shape index (κ3) is 4.13. The van der Waals surface area contributed by atoms with Gasteiger partial charge in [-0.15, -0.1) is 0 Å². The van der Waals surface area contributed by atoms with Crippen molar-refractivity contribution in [3.63, 3.8) is 0 Å². The van der Waals surface area contributed by atoms with Crippen LogP contribution < -0.4 is 0 Å². The van der Waals surface area contributed by atoms with Crippen LogP contribution in [0.2, 0.25) is 0 Å². The fourth-order valence-corrected chi connectivity index (χ4v) is 2.01. The highest BCUT2D eigenvalue weighted by Crippen LogP contribution is 2.16. The number of rotatable bonds is 7. The molecule has 1 aromatic rings. The molecule has 0 aliphatic heterocycles. The Morgan fingerprint density at radius 1 is 1.31 bits per heavy atom. The van der Waals surface area contributed by atoms with Gasteiger partial charge in [-0.3, -0.25) is 9.78 Å². The van der Waals surface area contributed by atoms with Crippen LogP contribution in [0.3, 0.4) is 0 Å². The van der Waals surface area contributed by atoms with E-state index >= 15 is 0 Å². The zero-order valence-corrected chi connectivity index (χ0v) is 10.3. The second kappa shape index (κ2) is 7.15. The van der Waals surface area contributed by atoms with E-state index in [-0.39, 0.29) is 5.92 Å². The lowest BCUT2D eigenvalue weighted by molar-refractivity contribution is -0.122. The van der Waals surface area contributed by atoms with Gasteiger partial charge in [0.1, 0.15) is 5.78 Å². The summed E-state index contributed by atoms with van der Waals surface area (Å²) in [6, 6.07) is 3.86. The number of pyridine rings is 1. The van der Waals surface area contributed by atoms with E-state index in [1.165, 1.54) is 0 Å². The van der Waals surface area contributed by atoms with Crippen molar-refractivity contribution in [1.29, 1.82) is 0 Å². The summed E-state index contributed by atoms with van der Waals surface area (Å²) >= 11 is 0. The minimum atomic E-state index is 0.246. The molecule has 0 radical (unpaired) electrons. The molecule has 1 rings (SSSR count). The zero-order valence-electron chi connectivity index (χ0n) is 10.3. The van der Waals surface area contributed by atoms with Crippen molar-refractivity contribution >= 4 is 5.78 Å². The summed E-state index contributed by atoms with van der Waals surface area (Å²) in [7, 11) is 0. The molecule has 0 saturated carbocycles. The molecule has 1 heterocycles. The predicted molar refractivity (Wildman–Crippen MR) is 66.3 cm³/mol. The van der Waals surface area contributed by atoms with E-state index in [0.29, 0.717) is 12.2 Å². The van der Waals surface area contributed by atoms with Gasteiger partial charge in [0.2, 0.25) is 0 Å². The van der Waals surface area contributed by atoms with Gasteiger partial charge in [0.25, 0.3) is 0 Å². The Kier molecular flexibility index (Phi) is 5.76. The molecule has 0 amide bonds. The number of hydrogen-bond acceptors (Lipinski definition) is 2. The van der Waals surface area contributed by atoms with Gasteiger partial charge in [-0.05, 0) is 24.5 Å². The number of ketones is 1. The third-order valence-corrected chi connectivity index (χ3v) is 2.83. The molecule has 2 nitrogen and oxygen atoms in total. The molecule has 0 atom stereocenters. The van der Waals surface area contributed by atoms with Gasteiger partial charge in [0.05, 0.1) is 0 Å². The van der Waals surface area contributed by atoms with Crippen LogP contribution in [0.4, 0.5) is 0 Å². The van der Waals surface area contributed by atoms with E-state index in [4.69, 9.17) is 0 Å². The van der Waals surface area contributed by atoms with Crippen molar-refractivity contribution in [2.45, 2.75) is 46.0 Å². The largest absolute Gasteiger partial charge is 0.299 e. The monoisotopic (exact) mass is 219 g/mol. The Hall–Kier alpha value is -1.18. The number of nitrogens with zero attached hydrogens (tertiary/aromatic N) is 1. The maximum Gasteiger partial charge on any atom is 0.140 e. The van der Waals surface area contributed by atoms with E-state index in [1.807, 2.05) is 12.1 Å². The van der Waals surface area contributed by atoms with Gasteiger partial charge in [-0.25, -0.2) is 0 Å². The van der Waals surface area contributed by atoms with Crippen molar-refractivity contribution < 1.29 is 4.79 Å². The molecule has 0 spiro atoms. The summed E-state index contributed by atoms with van der Waals surface area (Å²) in [6.07, 6.45) is 8.28. The summed E-state index contributed by atoms with van der Waals surface area (Å²) < 4.78 is 0. The van der Waals surface area contributed by atoms with Crippen LogP contribution in [0.5, 0.6) is 0 Å². The lowest BCUT2D eigenvalue weighted by Gasteiger charge is -2.13. The maximum atomic E-state index is 12.1. The number of Topliss-reactive ketones (excluding diaryl/α,β-unsaturated/α-hetero) is 1. The standard InChI is InChI=1S/C14H21NO/c1-3-6-13(7-4-2)14(16)10-12-8-5-9-15-11-12/h5,8-9,11,13H,3-4,6-7,10H2,1-2H3. The molecule has 0 unspecified atom stereocenters. The zero-order chi connectivity index (χ0) is 11.8. The topological polar surface area (TPSA) is 30.0 Å². The van der Waals surface area contributed by atoms with Crippen molar-refractivity contribution in [3.8, 4) is 0 Å². The number of carbonyl (C=O) groups is 1. The molecule has 0 bridgehead atoms. The molecule has 0 fully saturated rings. The first-order valence-corrected chi connectivity index (χ1v) is 6.19. The van der Waals surface area contributed by atoms with Crippen LogP contribution in [0, 0.1) is 5.92 Å². The predicted octanol–water partition coefficient (Wildman–Crippen LogP) is 3.41. The molecule has 0 aromatic carbocycles. The Bertz CT molecular complexity index is 302. The van der Waals surface area contributed by atoms with Crippen LogP contribution in [0.25, 0.3) is 0 Å². The molecular formula is C14H21NO. The fraction of sp³-hybridized carbons (Fsp3) is 0.571. The highest BCUT2D eigenvalue weighted by atomic mass is 16.1. The Morgan fingerprint density at radius 3 is 2.50 bits per heavy atom. The summed E-state index contributed by atoms with van der Waals surface area (Å²) in [5.41, 5.74) is 1.03. The summed E-state index contributed by atoms with van der Waals surface area (Å²) in [5, 5.41) is 0. The molecule has 2 heteroatoms. The van der Waals surface area contributed by atoms with Gasteiger partial charge >= 0.3 is 0 Å². The van der Waals surface area contributed by atoms with Crippen LogP contribution in [0.1, 0.15) is 45.1 Å². The average Bonchev–Trinajstić information content (AvgIpc) is 2.30. The number of carbonyl (C=O) groups excluding carboxylic acids is 1. The first kappa shape index (κ1) is 12.9. The molecule has 0 saturated heterocycles. The smallest absolute Gasteiger partial charge is 0.140 e. The van der Waals surface area contributed by atoms with E-state index in [9.17, 15) is 4.79 Å². The Balaban J connectivity index is 2.55. The second-order valence-electron chi connectivity index (χ2n) is 4.28. The normalized spacial score (nSPS) is 10.7. The molecule has 16 heavy (non-hydrogen) atoms. The van der Waals surface area contributed by atoms with Gasteiger partial charge in [0.15, 0.2) is 0 Å². The van der Waals surface area contributed by atoms with E-state index in [2.05, 4.69) is 18.8 Å². The summed E-state index contributed by atoms with van der Waals surface area (Å²) in [4.78, 5) is 16.1. The van der Waals surface area contributed by atoms with Gasteiger partial charge in [-0.1, -0.05) is 32.8 Å². The van der Waals surface area contributed by atoms with E-state index in [0.717, 1.165) is 31.2 Å². The highest BCUT2D eigenvalue weighted by Gasteiger charge is 2.16. The molecule has 0 N–H and O–H groups in total. The molecule has 0 aliphatic rings. The van der Waals surface area contributed by atoms with Crippen molar-refractivity contribution in [3.05, 3.63) is 30.1 Å². The molecule has 0 aliphatic carbocycles. The van der Waals surface area contributed by atoms with Crippen LogP contribution in [-0.4, -0.2) is 10.8 Å². The van der Waals surface area contributed by atoms with Crippen LogP contribution in [0.15, 0.2) is 24.5 Å². The second-order valence-corrected chi connectivity index (χ2v) is 4.28. The Morgan fingerprint density at radius 2 is 2.00 bits per heavy atom. The first-order valence-electron chi connectivity index (χ1n) is 6.19. The fourth-order valence-electron chi connectivity index (χ4n) is 2.01. The number of hydrogen-bond donors (Lipinski definition) is 0. The average molecular weight is 219 g/mol. The minimum Gasteiger partial charge on any atom is -0.299 e. The summed E-state index contributed by atoms with van der Waals surface area (Å²) in [6.45, 7) is 4.28. The van der Waals surface area contributed by atoms with Crippen LogP contribution >= 0.6 is 0 Å². The van der Waals surface area contributed by atoms with E-state index < -0.39 is 0 Å². The van der Waals surface area contributed by atoms with Crippen molar-refractivity contribution in [2.24, 2.45) is 5.92 Å². The van der Waals surface area contributed by atoms with Gasteiger partial charge in [-0.2, -0.15) is 0 Å². The number of aromatic nitrogens is 1. The molecule has 88 valence electrons.